The molecule has 33 heavy (non-hydrogen) atoms. The second kappa shape index (κ2) is 10.4. The van der Waals surface area contributed by atoms with Crippen LogP contribution < -0.4 is 5.32 Å². The first kappa shape index (κ1) is 24.9. The molecular formula is C22H27N3O6S2. The van der Waals surface area contributed by atoms with E-state index in [9.17, 15) is 22.8 Å². The zero-order valence-electron chi connectivity index (χ0n) is 18.8. The molecule has 178 valence electrons. The van der Waals surface area contributed by atoms with E-state index in [2.05, 4.69) is 5.32 Å². The van der Waals surface area contributed by atoms with Gasteiger partial charge >= 0.3 is 5.97 Å². The molecule has 0 bridgehead atoms. The first-order valence-electron chi connectivity index (χ1n) is 10.6. The van der Waals surface area contributed by atoms with Crippen molar-refractivity contribution in [1.82, 2.24) is 9.21 Å². The summed E-state index contributed by atoms with van der Waals surface area (Å²) in [5.74, 6) is -1.14. The summed E-state index contributed by atoms with van der Waals surface area (Å²) in [5.41, 5.74) is 0.430. The fraction of sp³-hybridized carbons (Fsp3) is 0.409. The molecule has 1 aliphatic rings. The number of rotatable bonds is 7. The van der Waals surface area contributed by atoms with Crippen LogP contribution in [0.2, 0.25) is 0 Å². The van der Waals surface area contributed by atoms with Crippen LogP contribution in [0.4, 0.5) is 5.00 Å². The minimum Gasteiger partial charge on any atom is -0.462 e. The van der Waals surface area contributed by atoms with Gasteiger partial charge in [0.1, 0.15) is 5.00 Å². The quantitative estimate of drug-likeness (QED) is 0.593. The van der Waals surface area contributed by atoms with Gasteiger partial charge in [-0.15, -0.1) is 11.3 Å². The van der Waals surface area contributed by atoms with Gasteiger partial charge in [0.15, 0.2) is 0 Å². The number of thiophene rings is 1. The highest BCUT2D eigenvalue weighted by atomic mass is 32.2. The number of carbonyl (C=O) groups is 3. The number of hydrogen-bond donors (Lipinski definition) is 1. The number of nitrogens with one attached hydrogen (secondary N) is 1. The zero-order valence-corrected chi connectivity index (χ0v) is 20.4. The molecule has 9 nitrogen and oxygen atoms in total. The van der Waals surface area contributed by atoms with Crippen molar-refractivity contribution in [2.45, 2.75) is 32.1 Å². The highest BCUT2D eigenvalue weighted by molar-refractivity contribution is 7.89. The van der Waals surface area contributed by atoms with Crippen molar-refractivity contribution in [3.63, 3.8) is 0 Å². The Balaban J connectivity index is 1.80. The normalized spacial score (nSPS) is 14.7. The van der Waals surface area contributed by atoms with E-state index in [0.717, 1.165) is 4.88 Å². The van der Waals surface area contributed by atoms with Crippen LogP contribution in [-0.2, 0) is 26.0 Å². The van der Waals surface area contributed by atoms with Gasteiger partial charge in [0.2, 0.25) is 15.9 Å². The molecule has 0 atom stereocenters. The van der Waals surface area contributed by atoms with Gasteiger partial charge in [-0.2, -0.15) is 4.31 Å². The molecule has 2 aromatic rings. The number of aryl methyl sites for hydroxylation is 1. The van der Waals surface area contributed by atoms with Crippen LogP contribution in [0.15, 0.2) is 35.2 Å². The Morgan fingerprint density at radius 2 is 1.79 bits per heavy atom. The van der Waals surface area contributed by atoms with E-state index in [1.165, 1.54) is 46.8 Å². The Bertz CT molecular complexity index is 1150. The van der Waals surface area contributed by atoms with Crippen LogP contribution in [0.3, 0.4) is 0 Å². The molecule has 0 spiro atoms. The topological polar surface area (TPSA) is 113 Å². The smallest absolute Gasteiger partial charge is 0.341 e. The second-order valence-corrected chi connectivity index (χ2v) is 10.5. The molecule has 1 N–H and O–H groups in total. The lowest BCUT2D eigenvalue weighted by Crippen LogP contribution is -2.49. The summed E-state index contributed by atoms with van der Waals surface area (Å²) in [6.07, 6.45) is 0.692. The third-order valence-corrected chi connectivity index (χ3v) is 8.36. The molecule has 0 aliphatic carbocycles. The maximum Gasteiger partial charge on any atom is 0.341 e. The van der Waals surface area contributed by atoms with E-state index >= 15 is 0 Å². The van der Waals surface area contributed by atoms with Gasteiger partial charge < -0.3 is 15.0 Å². The Labute approximate surface area is 197 Å². The molecular weight excluding hydrogens is 466 g/mol. The summed E-state index contributed by atoms with van der Waals surface area (Å²) in [6.45, 7) is 6.34. The van der Waals surface area contributed by atoms with Gasteiger partial charge in [-0.05, 0) is 37.6 Å². The van der Waals surface area contributed by atoms with Gasteiger partial charge in [-0.1, -0.05) is 13.0 Å². The van der Waals surface area contributed by atoms with Crippen molar-refractivity contribution in [3.8, 4) is 0 Å². The number of nitrogens with zero attached hydrogens (tertiary/aromatic N) is 2. The maximum absolute atomic E-state index is 13.1. The lowest BCUT2D eigenvalue weighted by Gasteiger charge is -2.33. The van der Waals surface area contributed by atoms with Gasteiger partial charge in [-0.25, -0.2) is 13.2 Å². The summed E-state index contributed by atoms with van der Waals surface area (Å²) in [6, 6.07) is 7.47. The third kappa shape index (κ3) is 5.60. The predicted molar refractivity (Wildman–Crippen MR) is 125 cm³/mol. The molecule has 1 saturated heterocycles. The minimum absolute atomic E-state index is 0.00234. The number of ether oxygens (including phenoxy) is 1. The minimum atomic E-state index is -3.82. The number of hydrogen-bond acceptors (Lipinski definition) is 7. The van der Waals surface area contributed by atoms with Crippen molar-refractivity contribution >= 4 is 44.1 Å². The summed E-state index contributed by atoms with van der Waals surface area (Å²) >= 11 is 1.28. The average molecular weight is 494 g/mol. The fourth-order valence-corrected chi connectivity index (χ4v) is 5.88. The van der Waals surface area contributed by atoms with Gasteiger partial charge in [0.25, 0.3) is 5.91 Å². The number of sulfonamides is 1. The molecule has 1 aliphatic heterocycles. The molecule has 11 heteroatoms. The highest BCUT2D eigenvalue weighted by Crippen LogP contribution is 2.30. The average Bonchev–Trinajstić information content (AvgIpc) is 3.22. The standard InChI is InChI=1S/C22H27N3O6S2/c1-4-17-14-19(22(28)31-5-2)21(32-17)23-20(27)16-7-6-8-18(13-16)33(29,30)25-11-9-24(10-12-25)15(3)26/h6-8,13-14H,4-5,9-12H2,1-3H3,(H,23,27). The summed E-state index contributed by atoms with van der Waals surface area (Å²) in [4.78, 5) is 39.2. The molecule has 0 saturated carbocycles. The lowest BCUT2D eigenvalue weighted by atomic mass is 10.2. The van der Waals surface area contributed by atoms with Crippen LogP contribution in [-0.4, -0.2) is 68.2 Å². The van der Waals surface area contributed by atoms with Crippen LogP contribution in [0.25, 0.3) is 0 Å². The van der Waals surface area contributed by atoms with Crippen LogP contribution in [0.5, 0.6) is 0 Å². The molecule has 0 unspecified atom stereocenters. The summed E-state index contributed by atoms with van der Waals surface area (Å²) in [5, 5.41) is 3.09. The van der Waals surface area contributed by atoms with E-state index in [0.29, 0.717) is 24.5 Å². The van der Waals surface area contributed by atoms with Gasteiger partial charge in [0.05, 0.1) is 17.1 Å². The number of amides is 2. The molecule has 1 fully saturated rings. The molecule has 2 heterocycles. The fourth-order valence-electron chi connectivity index (χ4n) is 3.44. The number of benzene rings is 1. The number of esters is 1. The molecule has 2 amide bonds. The van der Waals surface area contributed by atoms with E-state index in [4.69, 9.17) is 4.74 Å². The zero-order chi connectivity index (χ0) is 24.2. The summed E-state index contributed by atoms with van der Waals surface area (Å²) in [7, 11) is -3.82. The number of anilines is 1. The van der Waals surface area contributed by atoms with Crippen molar-refractivity contribution in [2.75, 3.05) is 38.1 Å². The van der Waals surface area contributed by atoms with E-state index in [1.807, 2.05) is 6.92 Å². The van der Waals surface area contributed by atoms with Crippen molar-refractivity contribution < 1.29 is 27.5 Å². The Morgan fingerprint density at radius 1 is 1.09 bits per heavy atom. The second-order valence-electron chi connectivity index (χ2n) is 7.42. The SMILES string of the molecule is CCOC(=O)c1cc(CC)sc1NC(=O)c1cccc(S(=O)(=O)N2CCN(C(C)=O)CC2)c1. The third-order valence-electron chi connectivity index (χ3n) is 5.27. The van der Waals surface area contributed by atoms with E-state index in [1.54, 1.807) is 17.9 Å². The van der Waals surface area contributed by atoms with E-state index < -0.39 is 21.9 Å². The summed E-state index contributed by atoms with van der Waals surface area (Å²) < 4.78 is 32.6. The van der Waals surface area contributed by atoms with E-state index in [-0.39, 0.29) is 41.6 Å². The highest BCUT2D eigenvalue weighted by Gasteiger charge is 2.30. The monoisotopic (exact) mass is 493 g/mol. The Hall–Kier alpha value is -2.76. The molecule has 3 rings (SSSR count). The van der Waals surface area contributed by atoms with Crippen LogP contribution in [0.1, 0.15) is 46.4 Å². The largest absolute Gasteiger partial charge is 0.462 e. The van der Waals surface area contributed by atoms with Crippen molar-refractivity contribution in [3.05, 3.63) is 46.3 Å². The maximum atomic E-state index is 13.1. The van der Waals surface area contributed by atoms with Crippen molar-refractivity contribution in [2.24, 2.45) is 0 Å². The first-order valence-corrected chi connectivity index (χ1v) is 12.9. The Kier molecular flexibility index (Phi) is 7.88. The van der Waals surface area contributed by atoms with Crippen LogP contribution in [0, 0.1) is 0 Å². The van der Waals surface area contributed by atoms with Gasteiger partial charge in [-0.3, -0.25) is 9.59 Å². The first-order chi connectivity index (χ1) is 15.7. The molecule has 0 radical (unpaired) electrons. The predicted octanol–water partition coefficient (Wildman–Crippen LogP) is 2.59. The molecule has 1 aromatic carbocycles. The number of carbonyl (C=O) groups excluding carboxylic acids is 3. The van der Waals surface area contributed by atoms with Gasteiger partial charge in [0, 0.05) is 43.5 Å². The van der Waals surface area contributed by atoms with Crippen LogP contribution >= 0.6 is 11.3 Å². The molecule has 1 aromatic heterocycles. The Morgan fingerprint density at radius 3 is 2.39 bits per heavy atom. The number of piperazine rings is 1. The van der Waals surface area contributed by atoms with Crippen molar-refractivity contribution in [1.29, 1.82) is 0 Å². The lowest BCUT2D eigenvalue weighted by molar-refractivity contribution is -0.129.